The first-order valence-corrected chi connectivity index (χ1v) is 9.09. The van der Waals surface area contributed by atoms with E-state index in [0.29, 0.717) is 32.2 Å². The molecule has 0 radical (unpaired) electrons. The molecule has 3 fully saturated rings. The molecular formula is C15H22N4O3S. The maximum atomic E-state index is 12.6. The number of aryl methyl sites for hydroxylation is 1. The minimum atomic E-state index is -0.279. The molecule has 126 valence electrons. The molecule has 1 amide bonds. The van der Waals surface area contributed by atoms with Gasteiger partial charge in [0.1, 0.15) is 11.1 Å². The smallest absolute Gasteiger partial charge is 0.251 e. The highest BCUT2D eigenvalue weighted by molar-refractivity contribution is 7.15. The summed E-state index contributed by atoms with van der Waals surface area (Å²) in [6.07, 6.45) is 1.75. The predicted molar refractivity (Wildman–Crippen MR) is 85.6 cm³/mol. The van der Waals surface area contributed by atoms with Crippen molar-refractivity contribution in [3.8, 4) is 0 Å². The van der Waals surface area contributed by atoms with Gasteiger partial charge in [0, 0.05) is 26.2 Å². The van der Waals surface area contributed by atoms with Crippen LogP contribution in [0.25, 0.3) is 0 Å². The van der Waals surface area contributed by atoms with Gasteiger partial charge in [0.15, 0.2) is 0 Å². The van der Waals surface area contributed by atoms with E-state index in [-0.39, 0.29) is 18.1 Å². The molecule has 0 unspecified atom stereocenters. The van der Waals surface area contributed by atoms with Crippen molar-refractivity contribution < 1.29 is 14.3 Å². The maximum Gasteiger partial charge on any atom is 0.251 e. The lowest BCUT2D eigenvalue weighted by molar-refractivity contribution is -0.146. The Morgan fingerprint density at radius 3 is 2.83 bits per heavy atom. The van der Waals surface area contributed by atoms with Crippen molar-refractivity contribution in [3.05, 3.63) is 5.01 Å². The molecule has 8 heteroatoms. The third kappa shape index (κ3) is 3.07. The summed E-state index contributed by atoms with van der Waals surface area (Å²) < 4.78 is 11.4. The van der Waals surface area contributed by atoms with E-state index < -0.39 is 0 Å². The fourth-order valence-corrected chi connectivity index (χ4v) is 4.39. The van der Waals surface area contributed by atoms with Crippen molar-refractivity contribution in [2.24, 2.45) is 5.92 Å². The lowest BCUT2D eigenvalue weighted by Gasteiger charge is -2.33. The number of amides is 1. The minimum Gasteiger partial charge on any atom is -0.378 e. The fourth-order valence-electron chi connectivity index (χ4n) is 3.66. The number of nitrogens with zero attached hydrogens (tertiary/aromatic N) is 4. The summed E-state index contributed by atoms with van der Waals surface area (Å²) in [7, 11) is 0. The molecule has 4 heterocycles. The molecule has 0 saturated carbocycles. The Hall–Kier alpha value is -1.25. The number of morpholine rings is 1. The number of carbonyl (C=O) groups is 1. The lowest BCUT2D eigenvalue weighted by Crippen LogP contribution is -2.46. The van der Waals surface area contributed by atoms with Gasteiger partial charge in [-0.25, -0.2) is 0 Å². The highest BCUT2D eigenvalue weighted by Crippen LogP contribution is 2.36. The van der Waals surface area contributed by atoms with Crippen LogP contribution in [-0.2, 0) is 14.3 Å². The summed E-state index contributed by atoms with van der Waals surface area (Å²) in [6.45, 7) is 6.39. The van der Waals surface area contributed by atoms with Crippen molar-refractivity contribution in [2.75, 3.05) is 44.3 Å². The second-order valence-electron chi connectivity index (χ2n) is 6.43. The van der Waals surface area contributed by atoms with E-state index in [1.807, 2.05) is 11.8 Å². The molecule has 0 N–H and O–H groups in total. The first kappa shape index (κ1) is 15.3. The van der Waals surface area contributed by atoms with Gasteiger partial charge >= 0.3 is 0 Å². The van der Waals surface area contributed by atoms with Gasteiger partial charge in [-0.2, -0.15) is 0 Å². The number of ether oxygens (including phenoxy) is 2. The molecule has 0 aromatic carbocycles. The normalized spacial score (nSPS) is 31.3. The van der Waals surface area contributed by atoms with Crippen LogP contribution in [0.5, 0.6) is 0 Å². The van der Waals surface area contributed by atoms with Gasteiger partial charge in [-0.3, -0.25) is 4.79 Å². The van der Waals surface area contributed by atoms with Crippen LogP contribution < -0.4 is 4.90 Å². The molecule has 0 spiro atoms. The van der Waals surface area contributed by atoms with Crippen LogP contribution in [-0.4, -0.2) is 72.6 Å². The monoisotopic (exact) mass is 338 g/mol. The second-order valence-corrected chi connectivity index (χ2v) is 7.60. The number of piperidine rings is 1. The zero-order chi connectivity index (χ0) is 15.8. The number of hydrogen-bond donors (Lipinski definition) is 0. The van der Waals surface area contributed by atoms with Crippen molar-refractivity contribution >= 4 is 22.4 Å². The van der Waals surface area contributed by atoms with Gasteiger partial charge in [0.05, 0.1) is 19.3 Å². The zero-order valence-corrected chi connectivity index (χ0v) is 14.1. The lowest BCUT2D eigenvalue weighted by atomic mass is 9.92. The molecule has 4 rings (SSSR count). The van der Waals surface area contributed by atoms with Crippen LogP contribution in [0.3, 0.4) is 0 Å². The first-order chi connectivity index (χ1) is 11.2. The Balaban J connectivity index is 1.38. The predicted octanol–water partition coefficient (Wildman–Crippen LogP) is 0.689. The van der Waals surface area contributed by atoms with Crippen molar-refractivity contribution in [3.63, 3.8) is 0 Å². The number of aromatic nitrogens is 2. The van der Waals surface area contributed by atoms with Crippen molar-refractivity contribution in [1.29, 1.82) is 0 Å². The van der Waals surface area contributed by atoms with Crippen LogP contribution in [0, 0.1) is 12.8 Å². The molecule has 23 heavy (non-hydrogen) atoms. The number of anilines is 1. The second kappa shape index (κ2) is 6.33. The molecule has 0 bridgehead atoms. The van der Waals surface area contributed by atoms with Gasteiger partial charge in [-0.05, 0) is 25.7 Å². The SMILES string of the molecule is Cc1nnc(N2CC[C@H]3C[C@@H](C(=O)N4CCOCC4)O[C@@H]3C2)s1. The van der Waals surface area contributed by atoms with E-state index in [1.54, 1.807) is 11.3 Å². The van der Waals surface area contributed by atoms with Gasteiger partial charge in [-0.1, -0.05) is 11.3 Å². The molecule has 3 aliphatic heterocycles. The quantitative estimate of drug-likeness (QED) is 0.790. The highest BCUT2D eigenvalue weighted by Gasteiger charge is 2.43. The molecule has 7 nitrogen and oxygen atoms in total. The van der Waals surface area contributed by atoms with E-state index >= 15 is 0 Å². The summed E-state index contributed by atoms with van der Waals surface area (Å²) >= 11 is 1.62. The molecule has 1 aromatic heterocycles. The number of rotatable bonds is 2. The fraction of sp³-hybridized carbons (Fsp3) is 0.800. The molecule has 3 aliphatic rings. The van der Waals surface area contributed by atoms with E-state index in [2.05, 4.69) is 15.1 Å². The van der Waals surface area contributed by atoms with Crippen molar-refractivity contribution in [1.82, 2.24) is 15.1 Å². The van der Waals surface area contributed by atoms with E-state index in [1.165, 1.54) is 0 Å². The van der Waals surface area contributed by atoms with Gasteiger partial charge < -0.3 is 19.3 Å². The van der Waals surface area contributed by atoms with Crippen LogP contribution in [0.1, 0.15) is 17.8 Å². The molecule has 0 aliphatic carbocycles. The third-order valence-corrected chi connectivity index (χ3v) is 5.84. The maximum absolute atomic E-state index is 12.6. The van der Waals surface area contributed by atoms with Gasteiger partial charge in [0.25, 0.3) is 5.91 Å². The highest BCUT2D eigenvalue weighted by atomic mass is 32.1. The summed E-state index contributed by atoms with van der Waals surface area (Å²) in [4.78, 5) is 16.7. The number of carbonyl (C=O) groups excluding carboxylic acids is 1. The summed E-state index contributed by atoms with van der Waals surface area (Å²) in [5.41, 5.74) is 0. The largest absolute Gasteiger partial charge is 0.378 e. The Morgan fingerprint density at radius 2 is 2.09 bits per heavy atom. The Kier molecular flexibility index (Phi) is 4.21. The molecular weight excluding hydrogens is 316 g/mol. The van der Waals surface area contributed by atoms with Gasteiger partial charge in [0.2, 0.25) is 5.13 Å². The Morgan fingerprint density at radius 1 is 1.26 bits per heavy atom. The standard InChI is InChI=1S/C15H22N4O3S/c1-10-16-17-15(23-10)19-3-2-11-8-12(22-13(11)9-19)14(20)18-4-6-21-7-5-18/h11-13H,2-9H2,1H3/t11-,12-,13+/m0/s1. The Labute approximate surface area is 139 Å². The zero-order valence-electron chi connectivity index (χ0n) is 13.3. The summed E-state index contributed by atoms with van der Waals surface area (Å²) in [6, 6.07) is 0. The Bertz CT molecular complexity index is 575. The third-order valence-electron chi connectivity index (χ3n) is 4.94. The number of fused-ring (bicyclic) bond motifs is 1. The molecule has 3 saturated heterocycles. The van der Waals surface area contributed by atoms with Crippen molar-refractivity contribution in [2.45, 2.75) is 32.0 Å². The van der Waals surface area contributed by atoms with E-state index in [4.69, 9.17) is 9.47 Å². The van der Waals surface area contributed by atoms with Crippen LogP contribution in [0.15, 0.2) is 0 Å². The van der Waals surface area contributed by atoms with Gasteiger partial charge in [-0.15, -0.1) is 10.2 Å². The topological polar surface area (TPSA) is 67.8 Å². The average Bonchev–Trinajstić information content (AvgIpc) is 3.20. The van der Waals surface area contributed by atoms with E-state index in [0.717, 1.165) is 36.1 Å². The minimum absolute atomic E-state index is 0.128. The number of hydrogen-bond acceptors (Lipinski definition) is 7. The average molecular weight is 338 g/mol. The van der Waals surface area contributed by atoms with Crippen LogP contribution in [0.2, 0.25) is 0 Å². The first-order valence-electron chi connectivity index (χ1n) is 8.28. The molecule has 1 aromatic rings. The summed E-state index contributed by atoms with van der Waals surface area (Å²) in [5, 5.41) is 10.3. The van der Waals surface area contributed by atoms with Crippen LogP contribution in [0.4, 0.5) is 5.13 Å². The molecule has 3 atom stereocenters. The van der Waals surface area contributed by atoms with Crippen LogP contribution >= 0.6 is 11.3 Å². The van der Waals surface area contributed by atoms with E-state index in [9.17, 15) is 4.79 Å². The summed E-state index contributed by atoms with van der Waals surface area (Å²) in [5.74, 6) is 0.622.